The second-order valence-corrected chi connectivity index (χ2v) is 5.61. The molecule has 2 rings (SSSR count). The number of pyridine rings is 1. The van der Waals surface area contributed by atoms with Crippen LogP contribution in [-0.4, -0.2) is 25.7 Å². The normalized spacial score (nSPS) is 15.9. The minimum absolute atomic E-state index is 0.155. The van der Waals surface area contributed by atoms with Gasteiger partial charge in [0.15, 0.2) is 0 Å². The Morgan fingerprint density at radius 1 is 1.39 bits per heavy atom. The summed E-state index contributed by atoms with van der Waals surface area (Å²) >= 11 is 0. The van der Waals surface area contributed by atoms with E-state index in [9.17, 15) is 5.11 Å². The summed E-state index contributed by atoms with van der Waals surface area (Å²) in [6.45, 7) is 7.95. The van der Waals surface area contributed by atoms with Gasteiger partial charge in [0.25, 0.3) is 0 Å². The molecule has 0 aromatic carbocycles. The molecule has 18 heavy (non-hydrogen) atoms. The number of aromatic nitrogens is 3. The highest BCUT2D eigenvalue weighted by atomic mass is 16.3. The summed E-state index contributed by atoms with van der Waals surface area (Å²) in [6, 6.07) is 1.42. The summed E-state index contributed by atoms with van der Waals surface area (Å²) < 4.78 is 2.07. The highest BCUT2D eigenvalue weighted by Gasteiger charge is 2.26. The Morgan fingerprint density at radius 3 is 2.61 bits per heavy atom. The fourth-order valence-corrected chi connectivity index (χ4v) is 2.10. The van der Waals surface area contributed by atoms with E-state index >= 15 is 0 Å². The molecule has 2 aromatic heterocycles. The minimum atomic E-state index is -0.643. The molecule has 0 bridgehead atoms. The van der Waals surface area contributed by atoms with Crippen molar-refractivity contribution >= 4 is 11.0 Å². The predicted molar refractivity (Wildman–Crippen MR) is 71.1 cm³/mol. The van der Waals surface area contributed by atoms with Crippen LogP contribution in [0, 0.1) is 0 Å². The molecule has 0 fully saturated rings. The molecule has 0 aliphatic heterocycles. The van der Waals surface area contributed by atoms with E-state index in [0.717, 1.165) is 11.0 Å². The molecular formula is C13H20N4O. The fourth-order valence-electron chi connectivity index (χ4n) is 2.10. The van der Waals surface area contributed by atoms with Gasteiger partial charge < -0.3 is 15.4 Å². The number of hydrogen-bond acceptors (Lipinski definition) is 4. The van der Waals surface area contributed by atoms with Gasteiger partial charge in [-0.1, -0.05) is 0 Å². The number of aliphatic hydroxyl groups is 1. The maximum absolute atomic E-state index is 9.70. The summed E-state index contributed by atoms with van der Waals surface area (Å²) in [7, 11) is 0. The number of imidazole rings is 1. The average Bonchev–Trinajstić information content (AvgIpc) is 2.66. The van der Waals surface area contributed by atoms with E-state index in [4.69, 9.17) is 5.73 Å². The van der Waals surface area contributed by atoms with Gasteiger partial charge >= 0.3 is 0 Å². The summed E-state index contributed by atoms with van der Waals surface area (Å²) in [5.41, 5.74) is 7.68. The molecule has 0 amide bonds. The lowest BCUT2D eigenvalue weighted by Crippen LogP contribution is -2.32. The van der Waals surface area contributed by atoms with Crippen LogP contribution in [0.25, 0.3) is 11.0 Å². The van der Waals surface area contributed by atoms with Crippen LogP contribution < -0.4 is 5.73 Å². The van der Waals surface area contributed by atoms with Crippen LogP contribution >= 0.6 is 0 Å². The number of aliphatic hydroxyl groups excluding tert-OH is 1. The largest absolute Gasteiger partial charge is 0.391 e. The van der Waals surface area contributed by atoms with E-state index in [-0.39, 0.29) is 5.54 Å². The van der Waals surface area contributed by atoms with Crippen LogP contribution in [0.2, 0.25) is 0 Å². The standard InChI is InChI=1S/C13H20N4O/c1-8(18)11(14)12-16-9-7-15-6-5-10(9)17(12)13(2,3)4/h5-8,11,18H,14H2,1-4H3. The van der Waals surface area contributed by atoms with E-state index in [2.05, 4.69) is 35.3 Å². The molecule has 2 unspecified atom stereocenters. The molecule has 98 valence electrons. The zero-order valence-electron chi connectivity index (χ0n) is 11.3. The highest BCUT2D eigenvalue weighted by Crippen LogP contribution is 2.28. The van der Waals surface area contributed by atoms with Crippen molar-refractivity contribution in [2.24, 2.45) is 5.73 Å². The van der Waals surface area contributed by atoms with E-state index in [1.54, 1.807) is 19.3 Å². The summed E-state index contributed by atoms with van der Waals surface area (Å²) in [5, 5.41) is 9.70. The molecule has 2 atom stereocenters. The van der Waals surface area contributed by atoms with Gasteiger partial charge in [-0.2, -0.15) is 0 Å². The smallest absolute Gasteiger partial charge is 0.130 e. The second-order valence-electron chi connectivity index (χ2n) is 5.61. The Labute approximate surface area is 107 Å². The molecule has 0 spiro atoms. The van der Waals surface area contributed by atoms with Gasteiger partial charge in [-0.15, -0.1) is 0 Å². The van der Waals surface area contributed by atoms with Crippen LogP contribution in [0.4, 0.5) is 0 Å². The monoisotopic (exact) mass is 248 g/mol. The second kappa shape index (κ2) is 4.33. The topological polar surface area (TPSA) is 77.0 Å². The van der Waals surface area contributed by atoms with Gasteiger partial charge in [-0.25, -0.2) is 4.98 Å². The Hall–Kier alpha value is -1.46. The Bertz CT molecular complexity index is 554. The first-order valence-electron chi connectivity index (χ1n) is 6.09. The maximum Gasteiger partial charge on any atom is 0.130 e. The van der Waals surface area contributed by atoms with Crippen molar-refractivity contribution in [2.75, 3.05) is 0 Å². The summed E-state index contributed by atoms with van der Waals surface area (Å²) in [4.78, 5) is 8.59. The van der Waals surface area contributed by atoms with Crippen LogP contribution in [-0.2, 0) is 5.54 Å². The van der Waals surface area contributed by atoms with E-state index in [1.165, 1.54) is 0 Å². The minimum Gasteiger partial charge on any atom is -0.391 e. The van der Waals surface area contributed by atoms with Crippen molar-refractivity contribution in [1.82, 2.24) is 14.5 Å². The Morgan fingerprint density at radius 2 is 2.06 bits per heavy atom. The van der Waals surface area contributed by atoms with E-state index in [1.807, 2.05) is 6.07 Å². The molecule has 3 N–H and O–H groups in total. The lowest BCUT2D eigenvalue weighted by Gasteiger charge is -2.27. The van der Waals surface area contributed by atoms with Crippen LogP contribution in [0.15, 0.2) is 18.5 Å². The zero-order chi connectivity index (χ0) is 13.5. The van der Waals surface area contributed by atoms with E-state index in [0.29, 0.717) is 5.82 Å². The van der Waals surface area contributed by atoms with Gasteiger partial charge in [0.2, 0.25) is 0 Å². The molecule has 2 aromatic rings. The van der Waals surface area contributed by atoms with Gasteiger partial charge in [-0.05, 0) is 33.8 Å². The third-order valence-electron chi connectivity index (χ3n) is 2.97. The van der Waals surface area contributed by atoms with Crippen molar-refractivity contribution in [1.29, 1.82) is 0 Å². The SMILES string of the molecule is CC(O)C(N)c1nc2cnccc2n1C(C)(C)C. The molecule has 0 radical (unpaired) electrons. The fraction of sp³-hybridized carbons (Fsp3) is 0.538. The van der Waals surface area contributed by atoms with Crippen molar-refractivity contribution in [3.8, 4) is 0 Å². The molecule has 0 saturated carbocycles. The lowest BCUT2D eigenvalue weighted by atomic mass is 10.1. The van der Waals surface area contributed by atoms with Gasteiger partial charge in [0.05, 0.1) is 23.9 Å². The molecule has 2 heterocycles. The van der Waals surface area contributed by atoms with Crippen molar-refractivity contribution in [3.63, 3.8) is 0 Å². The van der Waals surface area contributed by atoms with Crippen molar-refractivity contribution in [3.05, 3.63) is 24.3 Å². The average molecular weight is 248 g/mol. The van der Waals surface area contributed by atoms with Crippen LogP contribution in [0.3, 0.4) is 0 Å². The first-order valence-corrected chi connectivity index (χ1v) is 6.09. The number of rotatable bonds is 2. The molecular weight excluding hydrogens is 228 g/mol. The third kappa shape index (κ3) is 2.11. The number of nitrogens with zero attached hydrogens (tertiary/aromatic N) is 3. The molecule has 5 heteroatoms. The quantitative estimate of drug-likeness (QED) is 0.845. The first-order chi connectivity index (χ1) is 8.32. The predicted octanol–water partition coefficient (Wildman–Crippen LogP) is 1.57. The van der Waals surface area contributed by atoms with Crippen molar-refractivity contribution in [2.45, 2.75) is 45.4 Å². The number of fused-ring (bicyclic) bond motifs is 1. The van der Waals surface area contributed by atoms with Gasteiger partial charge in [0, 0.05) is 11.7 Å². The summed E-state index contributed by atoms with van der Waals surface area (Å²) in [6.07, 6.45) is 2.82. The van der Waals surface area contributed by atoms with Gasteiger partial charge in [0.1, 0.15) is 11.3 Å². The zero-order valence-corrected chi connectivity index (χ0v) is 11.3. The number of nitrogens with two attached hydrogens (primary N) is 1. The number of hydrogen-bond donors (Lipinski definition) is 2. The van der Waals surface area contributed by atoms with Gasteiger partial charge in [-0.3, -0.25) is 4.98 Å². The molecule has 5 nitrogen and oxygen atoms in total. The lowest BCUT2D eigenvalue weighted by molar-refractivity contribution is 0.156. The van der Waals surface area contributed by atoms with Crippen molar-refractivity contribution < 1.29 is 5.11 Å². The highest BCUT2D eigenvalue weighted by molar-refractivity contribution is 5.75. The third-order valence-corrected chi connectivity index (χ3v) is 2.97. The summed E-state index contributed by atoms with van der Waals surface area (Å²) in [5.74, 6) is 0.695. The van der Waals surface area contributed by atoms with Crippen LogP contribution in [0.5, 0.6) is 0 Å². The molecule has 0 saturated heterocycles. The molecule has 0 aliphatic rings. The maximum atomic E-state index is 9.70. The van der Waals surface area contributed by atoms with E-state index < -0.39 is 12.1 Å². The molecule has 0 aliphatic carbocycles. The van der Waals surface area contributed by atoms with Crippen LogP contribution in [0.1, 0.15) is 39.6 Å². The first kappa shape index (κ1) is 13.0. The Balaban J connectivity index is 2.72. The Kier molecular flexibility index (Phi) is 3.12.